The summed E-state index contributed by atoms with van der Waals surface area (Å²) in [5, 5.41) is 3.19. The summed E-state index contributed by atoms with van der Waals surface area (Å²) in [7, 11) is 0. The van der Waals surface area contributed by atoms with E-state index in [4.69, 9.17) is 5.73 Å². The Morgan fingerprint density at radius 2 is 2.00 bits per heavy atom. The largest absolute Gasteiger partial charge is 0.382 e. The van der Waals surface area contributed by atoms with Gasteiger partial charge in [-0.3, -0.25) is 0 Å². The minimum Gasteiger partial charge on any atom is -0.382 e. The number of halogens is 2. The molecule has 0 heterocycles. The summed E-state index contributed by atoms with van der Waals surface area (Å²) in [5.41, 5.74) is 6.48. The van der Waals surface area contributed by atoms with Crippen LogP contribution in [0.4, 0.5) is 14.5 Å². The normalized spacial score (nSPS) is 25.4. The maximum Gasteiger partial charge on any atom is 0.160 e. The topological polar surface area (TPSA) is 38.0 Å². The van der Waals surface area contributed by atoms with Crippen LogP contribution < -0.4 is 11.1 Å². The smallest absolute Gasteiger partial charge is 0.160 e. The van der Waals surface area contributed by atoms with Crippen LogP contribution in [0.5, 0.6) is 0 Å². The highest BCUT2D eigenvalue weighted by atomic mass is 19.2. The minimum absolute atomic E-state index is 0.219. The van der Waals surface area contributed by atoms with E-state index in [1.807, 2.05) is 0 Å². The average Bonchev–Trinajstić information content (AvgIpc) is 2.24. The number of benzene rings is 1. The Morgan fingerprint density at radius 3 is 2.69 bits per heavy atom. The highest BCUT2D eigenvalue weighted by Gasteiger charge is 2.19. The summed E-state index contributed by atoms with van der Waals surface area (Å²) in [5.74, 6) is -1.63. The molecule has 0 spiro atoms. The second kappa shape index (κ2) is 4.78. The summed E-state index contributed by atoms with van der Waals surface area (Å²) in [6.45, 7) is 0. The number of hydrogen-bond donors (Lipinski definition) is 2. The van der Waals surface area contributed by atoms with Gasteiger partial charge in [-0.05, 0) is 37.8 Å². The van der Waals surface area contributed by atoms with Crippen LogP contribution in [0.3, 0.4) is 0 Å². The van der Waals surface area contributed by atoms with Gasteiger partial charge in [0.15, 0.2) is 11.6 Å². The highest BCUT2D eigenvalue weighted by molar-refractivity contribution is 5.44. The first-order valence-electron chi connectivity index (χ1n) is 5.62. The first-order valence-corrected chi connectivity index (χ1v) is 5.62. The zero-order chi connectivity index (χ0) is 11.5. The van der Waals surface area contributed by atoms with Crippen molar-refractivity contribution in [2.45, 2.75) is 37.8 Å². The molecule has 2 rings (SSSR count). The monoisotopic (exact) mass is 226 g/mol. The molecular formula is C12H16F2N2. The van der Waals surface area contributed by atoms with Gasteiger partial charge in [0.1, 0.15) is 0 Å². The number of hydrogen-bond acceptors (Lipinski definition) is 2. The molecule has 0 radical (unpaired) electrons. The van der Waals surface area contributed by atoms with Crippen LogP contribution in [0.25, 0.3) is 0 Å². The van der Waals surface area contributed by atoms with Crippen LogP contribution in [0, 0.1) is 11.6 Å². The van der Waals surface area contributed by atoms with Gasteiger partial charge in [-0.25, -0.2) is 8.78 Å². The molecular weight excluding hydrogens is 210 g/mol. The van der Waals surface area contributed by atoms with Gasteiger partial charge in [0.05, 0.1) is 0 Å². The molecule has 1 aliphatic rings. The Bertz CT molecular complexity index is 368. The summed E-state index contributed by atoms with van der Waals surface area (Å²) < 4.78 is 25.7. The summed E-state index contributed by atoms with van der Waals surface area (Å²) in [6.07, 6.45) is 4.06. The van der Waals surface area contributed by atoms with E-state index < -0.39 is 11.6 Å². The van der Waals surface area contributed by atoms with Gasteiger partial charge in [0, 0.05) is 23.8 Å². The molecule has 0 aromatic heterocycles. The van der Waals surface area contributed by atoms with Gasteiger partial charge < -0.3 is 11.1 Å². The van der Waals surface area contributed by atoms with Crippen molar-refractivity contribution in [1.82, 2.24) is 0 Å². The molecule has 88 valence electrons. The van der Waals surface area contributed by atoms with Gasteiger partial charge in [0.2, 0.25) is 0 Å². The Kier molecular flexibility index (Phi) is 3.39. The number of nitrogens with one attached hydrogen (secondary N) is 1. The molecule has 2 unspecified atom stereocenters. The van der Waals surface area contributed by atoms with Crippen molar-refractivity contribution in [1.29, 1.82) is 0 Å². The summed E-state index contributed by atoms with van der Waals surface area (Å²) in [4.78, 5) is 0. The lowest BCUT2D eigenvalue weighted by atomic mass is 9.91. The number of anilines is 1. The van der Waals surface area contributed by atoms with Gasteiger partial charge in [0.25, 0.3) is 0 Å². The third-order valence-corrected chi connectivity index (χ3v) is 3.01. The summed E-state index contributed by atoms with van der Waals surface area (Å²) in [6, 6.07) is 4.37. The fourth-order valence-corrected chi connectivity index (χ4v) is 2.18. The zero-order valence-electron chi connectivity index (χ0n) is 9.05. The van der Waals surface area contributed by atoms with E-state index in [-0.39, 0.29) is 12.1 Å². The molecule has 0 aliphatic heterocycles. The predicted octanol–water partition coefficient (Wildman–Crippen LogP) is 2.65. The Balaban J connectivity index is 2.00. The van der Waals surface area contributed by atoms with Crippen LogP contribution in [0.15, 0.2) is 18.2 Å². The number of nitrogens with two attached hydrogens (primary N) is 1. The van der Waals surface area contributed by atoms with Crippen LogP contribution >= 0.6 is 0 Å². The molecule has 0 amide bonds. The quantitative estimate of drug-likeness (QED) is 0.813. The molecule has 1 aromatic carbocycles. The predicted molar refractivity (Wildman–Crippen MR) is 60.2 cm³/mol. The maximum absolute atomic E-state index is 13.0. The van der Waals surface area contributed by atoms with E-state index in [1.165, 1.54) is 6.07 Å². The van der Waals surface area contributed by atoms with E-state index >= 15 is 0 Å². The third kappa shape index (κ3) is 2.70. The first-order chi connectivity index (χ1) is 7.65. The van der Waals surface area contributed by atoms with Gasteiger partial charge in [-0.1, -0.05) is 0 Å². The van der Waals surface area contributed by atoms with Crippen molar-refractivity contribution >= 4 is 5.69 Å². The fourth-order valence-electron chi connectivity index (χ4n) is 2.18. The molecule has 1 saturated carbocycles. The standard InChI is InChI=1S/C12H16F2N2/c13-11-5-4-10(7-12(11)14)16-9-3-1-2-8(15)6-9/h4-5,7-9,16H,1-3,6,15H2. The van der Waals surface area contributed by atoms with Crippen molar-refractivity contribution in [2.75, 3.05) is 5.32 Å². The molecule has 3 N–H and O–H groups in total. The molecule has 4 heteroatoms. The van der Waals surface area contributed by atoms with Gasteiger partial charge in [-0.2, -0.15) is 0 Å². The Morgan fingerprint density at radius 1 is 1.19 bits per heavy atom. The van der Waals surface area contributed by atoms with E-state index in [2.05, 4.69) is 5.32 Å². The summed E-state index contributed by atoms with van der Waals surface area (Å²) >= 11 is 0. The van der Waals surface area contributed by atoms with E-state index in [0.29, 0.717) is 5.69 Å². The van der Waals surface area contributed by atoms with Crippen LogP contribution in [-0.4, -0.2) is 12.1 Å². The third-order valence-electron chi connectivity index (χ3n) is 3.01. The first kappa shape index (κ1) is 11.3. The molecule has 2 nitrogen and oxygen atoms in total. The SMILES string of the molecule is NC1CCCC(Nc2ccc(F)c(F)c2)C1. The Hall–Kier alpha value is -1.16. The average molecular weight is 226 g/mol. The van der Waals surface area contributed by atoms with E-state index in [0.717, 1.165) is 31.7 Å². The second-order valence-corrected chi connectivity index (χ2v) is 4.40. The van der Waals surface area contributed by atoms with Crippen molar-refractivity contribution in [3.05, 3.63) is 29.8 Å². The maximum atomic E-state index is 13.0. The lowest BCUT2D eigenvalue weighted by molar-refractivity contribution is 0.409. The lowest BCUT2D eigenvalue weighted by Crippen LogP contribution is -2.34. The molecule has 1 aliphatic carbocycles. The highest BCUT2D eigenvalue weighted by Crippen LogP contribution is 2.22. The molecule has 0 bridgehead atoms. The van der Waals surface area contributed by atoms with Crippen LogP contribution in [0.1, 0.15) is 25.7 Å². The molecule has 1 aromatic rings. The number of rotatable bonds is 2. The van der Waals surface area contributed by atoms with E-state index in [1.54, 1.807) is 6.07 Å². The van der Waals surface area contributed by atoms with Gasteiger partial charge >= 0.3 is 0 Å². The zero-order valence-corrected chi connectivity index (χ0v) is 9.05. The van der Waals surface area contributed by atoms with E-state index in [9.17, 15) is 8.78 Å². The van der Waals surface area contributed by atoms with Crippen molar-refractivity contribution in [3.8, 4) is 0 Å². The van der Waals surface area contributed by atoms with Crippen LogP contribution in [0.2, 0.25) is 0 Å². The molecule has 2 atom stereocenters. The minimum atomic E-state index is -0.815. The Labute approximate surface area is 93.8 Å². The van der Waals surface area contributed by atoms with Crippen molar-refractivity contribution in [3.63, 3.8) is 0 Å². The van der Waals surface area contributed by atoms with Crippen molar-refractivity contribution < 1.29 is 8.78 Å². The fraction of sp³-hybridized carbons (Fsp3) is 0.500. The second-order valence-electron chi connectivity index (χ2n) is 4.40. The van der Waals surface area contributed by atoms with Crippen molar-refractivity contribution in [2.24, 2.45) is 5.73 Å². The molecule has 0 saturated heterocycles. The van der Waals surface area contributed by atoms with Gasteiger partial charge in [-0.15, -0.1) is 0 Å². The molecule has 16 heavy (non-hydrogen) atoms. The van der Waals surface area contributed by atoms with Crippen LogP contribution in [-0.2, 0) is 0 Å². The molecule has 1 fully saturated rings. The lowest BCUT2D eigenvalue weighted by Gasteiger charge is -2.28.